The van der Waals surface area contributed by atoms with Gasteiger partial charge in [0.2, 0.25) is 11.8 Å². The smallest absolute Gasteiger partial charge is 0.305 e. The molecule has 3 heterocycles. The van der Waals surface area contributed by atoms with E-state index in [0.717, 1.165) is 11.3 Å². The molecule has 9 nitrogen and oxygen atoms in total. The van der Waals surface area contributed by atoms with Gasteiger partial charge in [0.25, 0.3) is 5.91 Å². The van der Waals surface area contributed by atoms with Gasteiger partial charge in [0.15, 0.2) is 18.1 Å². The molecule has 3 atom stereocenters. The molecule has 0 radical (unpaired) electrons. The maximum Gasteiger partial charge on any atom is 0.305 e. The van der Waals surface area contributed by atoms with Gasteiger partial charge >= 0.3 is 4.87 Å². The molecular formula is C30H24FN3O6S2. The van der Waals surface area contributed by atoms with Gasteiger partial charge in [0.05, 0.1) is 23.2 Å². The van der Waals surface area contributed by atoms with Crippen molar-refractivity contribution in [3.05, 3.63) is 98.7 Å². The van der Waals surface area contributed by atoms with Gasteiger partial charge in [-0.3, -0.25) is 19.2 Å². The lowest BCUT2D eigenvalue weighted by atomic mass is 9.83. The first-order valence-electron chi connectivity index (χ1n) is 13.1. The number of thiazole rings is 1. The number of aromatic nitrogens is 1. The Morgan fingerprint density at radius 1 is 0.976 bits per heavy atom. The molecule has 0 bridgehead atoms. The number of benzene rings is 3. The van der Waals surface area contributed by atoms with E-state index in [1.54, 1.807) is 49.4 Å². The lowest BCUT2D eigenvalue weighted by Gasteiger charge is -2.30. The highest BCUT2D eigenvalue weighted by Gasteiger charge is 2.56. The largest absolute Gasteiger partial charge is 0.490 e. The van der Waals surface area contributed by atoms with E-state index in [1.807, 2.05) is 6.07 Å². The Labute approximate surface area is 247 Å². The van der Waals surface area contributed by atoms with E-state index in [2.05, 4.69) is 10.3 Å². The van der Waals surface area contributed by atoms with Crippen LogP contribution in [0.5, 0.6) is 11.5 Å². The number of H-pyrrole nitrogens is 1. The Morgan fingerprint density at radius 3 is 2.48 bits per heavy atom. The zero-order valence-electron chi connectivity index (χ0n) is 22.2. The van der Waals surface area contributed by atoms with Crippen molar-refractivity contribution in [1.82, 2.24) is 4.98 Å². The van der Waals surface area contributed by atoms with Gasteiger partial charge in [-0.1, -0.05) is 47.4 Å². The molecule has 2 aliphatic rings. The highest BCUT2D eigenvalue weighted by molar-refractivity contribution is 8.00. The SMILES string of the molecule is CCOc1cc([C@@H]2c3sc(=O)[nH]c3S[C@H]3C(=O)N(c4ccccc4)C(=O)[C@@H]23)ccc1OCC(=O)Nc1ccc(F)cc1. The lowest BCUT2D eigenvalue weighted by Crippen LogP contribution is -2.32. The van der Waals surface area contributed by atoms with Gasteiger partial charge < -0.3 is 19.8 Å². The molecule has 2 N–H and O–H groups in total. The van der Waals surface area contributed by atoms with Crippen LogP contribution in [0.25, 0.3) is 0 Å². The Hall–Kier alpha value is -4.42. The van der Waals surface area contributed by atoms with Crippen molar-refractivity contribution in [3.63, 3.8) is 0 Å². The van der Waals surface area contributed by atoms with E-state index in [0.29, 0.717) is 44.9 Å². The summed E-state index contributed by atoms with van der Waals surface area (Å²) in [4.78, 5) is 56.7. The van der Waals surface area contributed by atoms with Gasteiger partial charge in [-0.05, 0) is 61.0 Å². The van der Waals surface area contributed by atoms with Crippen molar-refractivity contribution in [2.75, 3.05) is 23.4 Å². The third-order valence-electron chi connectivity index (χ3n) is 6.95. The minimum atomic E-state index is -0.746. The summed E-state index contributed by atoms with van der Waals surface area (Å²) >= 11 is 2.23. The molecule has 0 saturated carbocycles. The second kappa shape index (κ2) is 11.5. The first-order valence-corrected chi connectivity index (χ1v) is 14.8. The number of para-hydroxylation sites is 1. The van der Waals surface area contributed by atoms with Gasteiger partial charge in [-0.2, -0.15) is 0 Å². The fourth-order valence-corrected chi connectivity index (χ4v) is 7.70. The minimum absolute atomic E-state index is 0.269. The summed E-state index contributed by atoms with van der Waals surface area (Å²) in [5.41, 5.74) is 1.59. The Bertz CT molecular complexity index is 1720. The van der Waals surface area contributed by atoms with Gasteiger partial charge in [-0.15, -0.1) is 0 Å². The average Bonchev–Trinajstić information content (AvgIpc) is 3.48. The number of aromatic amines is 1. The summed E-state index contributed by atoms with van der Waals surface area (Å²) in [7, 11) is 0. The first-order chi connectivity index (χ1) is 20.3. The molecule has 3 aromatic carbocycles. The van der Waals surface area contributed by atoms with E-state index in [-0.39, 0.29) is 23.3 Å². The number of nitrogens with zero attached hydrogens (tertiary/aromatic N) is 1. The van der Waals surface area contributed by atoms with Crippen LogP contribution >= 0.6 is 23.1 Å². The third-order valence-corrected chi connectivity index (χ3v) is 9.35. The van der Waals surface area contributed by atoms with Crippen molar-refractivity contribution >= 4 is 52.2 Å². The molecule has 214 valence electrons. The van der Waals surface area contributed by atoms with Crippen LogP contribution < -0.4 is 24.6 Å². The number of hydrogen-bond acceptors (Lipinski definition) is 8. The van der Waals surface area contributed by atoms with E-state index in [1.165, 1.54) is 40.9 Å². The standard InChI is InChI=1S/C30H24FN3O6S2/c1-2-39-21-14-16(8-13-20(21)40-15-22(35)32-18-11-9-17(31)10-12-18)23-24-26(41-27-25(23)42-30(38)33-27)29(37)34(28(24)36)19-6-4-3-5-7-19/h3-14,23-24,26H,2,15H2,1H3,(H,32,35)(H,33,38)/t23-,24-,26+/m0/s1. The zero-order valence-corrected chi connectivity index (χ0v) is 23.8. The topological polar surface area (TPSA) is 118 Å². The van der Waals surface area contributed by atoms with Crippen LogP contribution in [0, 0.1) is 11.7 Å². The number of carbonyl (C=O) groups is 3. The number of ether oxygens (including phenoxy) is 2. The number of fused-ring (bicyclic) bond motifs is 2. The highest BCUT2D eigenvalue weighted by Crippen LogP contribution is 2.53. The fourth-order valence-electron chi connectivity index (χ4n) is 5.19. The fraction of sp³-hybridized carbons (Fsp3) is 0.200. The number of carbonyl (C=O) groups excluding carboxylic acids is 3. The van der Waals surface area contributed by atoms with Crippen LogP contribution in [0.15, 0.2) is 82.6 Å². The normalized spacial score (nSPS) is 19.3. The van der Waals surface area contributed by atoms with Crippen molar-refractivity contribution < 1.29 is 28.2 Å². The monoisotopic (exact) mass is 605 g/mol. The molecule has 2 aliphatic heterocycles. The van der Waals surface area contributed by atoms with E-state index < -0.39 is 28.8 Å². The number of thioether (sulfide) groups is 1. The molecule has 0 aliphatic carbocycles. The zero-order chi connectivity index (χ0) is 29.4. The minimum Gasteiger partial charge on any atom is -0.490 e. The summed E-state index contributed by atoms with van der Waals surface area (Å²) in [6, 6.07) is 19.3. The molecule has 42 heavy (non-hydrogen) atoms. The molecule has 0 spiro atoms. The molecule has 0 unspecified atom stereocenters. The number of hydrogen-bond donors (Lipinski definition) is 2. The Morgan fingerprint density at radius 2 is 1.74 bits per heavy atom. The van der Waals surface area contributed by atoms with E-state index in [9.17, 15) is 23.6 Å². The van der Waals surface area contributed by atoms with Gasteiger partial charge in [-0.25, -0.2) is 9.29 Å². The second-order valence-corrected chi connectivity index (χ2v) is 11.7. The van der Waals surface area contributed by atoms with Crippen LogP contribution in [-0.4, -0.2) is 41.2 Å². The first kappa shape index (κ1) is 27.7. The van der Waals surface area contributed by atoms with Gasteiger partial charge in [0.1, 0.15) is 11.1 Å². The average molecular weight is 606 g/mol. The predicted octanol–water partition coefficient (Wildman–Crippen LogP) is 4.79. The molecular weight excluding hydrogens is 581 g/mol. The number of imide groups is 1. The quantitative estimate of drug-likeness (QED) is 0.278. The number of anilines is 2. The van der Waals surface area contributed by atoms with Crippen LogP contribution in [0.2, 0.25) is 0 Å². The lowest BCUT2D eigenvalue weighted by molar-refractivity contribution is -0.122. The van der Waals surface area contributed by atoms with Crippen LogP contribution in [0.4, 0.5) is 15.8 Å². The number of amides is 3. The maximum absolute atomic E-state index is 13.9. The van der Waals surface area contributed by atoms with Crippen LogP contribution in [0.1, 0.15) is 23.3 Å². The molecule has 4 aromatic rings. The molecule has 6 rings (SSSR count). The van der Waals surface area contributed by atoms with Crippen molar-refractivity contribution in [2.24, 2.45) is 5.92 Å². The van der Waals surface area contributed by atoms with E-state index >= 15 is 0 Å². The number of halogens is 1. The third kappa shape index (κ3) is 5.19. The maximum atomic E-state index is 13.9. The molecule has 12 heteroatoms. The number of rotatable bonds is 8. The van der Waals surface area contributed by atoms with Crippen LogP contribution in [-0.2, 0) is 14.4 Å². The van der Waals surface area contributed by atoms with Crippen LogP contribution in [0.3, 0.4) is 0 Å². The second-order valence-electron chi connectivity index (χ2n) is 9.58. The Kier molecular flexibility index (Phi) is 7.56. The van der Waals surface area contributed by atoms with Gasteiger partial charge in [0, 0.05) is 16.5 Å². The molecule has 1 saturated heterocycles. The molecule has 1 aromatic heterocycles. The summed E-state index contributed by atoms with van der Waals surface area (Å²) in [6.07, 6.45) is 0. The summed E-state index contributed by atoms with van der Waals surface area (Å²) in [5, 5.41) is 2.49. The highest BCUT2D eigenvalue weighted by atomic mass is 32.2. The summed E-state index contributed by atoms with van der Waals surface area (Å²) < 4.78 is 24.8. The molecule has 1 fully saturated rings. The molecule has 3 amide bonds. The summed E-state index contributed by atoms with van der Waals surface area (Å²) in [6.45, 7) is 1.78. The van der Waals surface area contributed by atoms with Crippen molar-refractivity contribution in [3.8, 4) is 11.5 Å². The van der Waals surface area contributed by atoms with Crippen molar-refractivity contribution in [1.29, 1.82) is 0 Å². The van der Waals surface area contributed by atoms with E-state index in [4.69, 9.17) is 9.47 Å². The number of nitrogens with one attached hydrogen (secondary N) is 2. The Balaban J connectivity index is 1.31. The summed E-state index contributed by atoms with van der Waals surface area (Å²) in [5.74, 6) is -2.21. The van der Waals surface area contributed by atoms with Crippen molar-refractivity contribution in [2.45, 2.75) is 23.1 Å². The predicted molar refractivity (Wildman–Crippen MR) is 157 cm³/mol.